The van der Waals surface area contributed by atoms with Crippen molar-refractivity contribution in [3.05, 3.63) is 94.5 Å². The summed E-state index contributed by atoms with van der Waals surface area (Å²) in [5.41, 5.74) is 2.20. The van der Waals surface area contributed by atoms with E-state index in [2.05, 4.69) is 0 Å². The monoisotopic (exact) mass is 238 g/mol. The molecule has 3 heteroatoms. The summed E-state index contributed by atoms with van der Waals surface area (Å²) in [6.07, 6.45) is 22.2. The summed E-state index contributed by atoms with van der Waals surface area (Å²) in [5.74, 6) is 0. The van der Waals surface area contributed by atoms with Gasteiger partial charge in [-0.2, -0.15) is 4.90 Å². The van der Waals surface area contributed by atoms with Gasteiger partial charge in [0.1, 0.15) is 0 Å². The number of allylic oxidation sites excluding steroid dienone is 14. The maximum atomic E-state index is 10.5. The Morgan fingerprint density at radius 1 is 0.722 bits per heavy atom. The first-order valence-corrected chi connectivity index (χ1v) is 5.56. The van der Waals surface area contributed by atoms with Crippen molar-refractivity contribution in [2.45, 2.75) is 0 Å². The average molecular weight is 238 g/mol. The van der Waals surface area contributed by atoms with Crippen LogP contribution in [0.4, 0.5) is 0 Å². The summed E-state index contributed by atoms with van der Waals surface area (Å²) >= 11 is 0. The van der Waals surface area contributed by atoms with E-state index in [1.807, 2.05) is 48.6 Å². The van der Waals surface area contributed by atoms with Crippen molar-refractivity contribution in [3.63, 3.8) is 0 Å². The lowest BCUT2D eigenvalue weighted by atomic mass is 10.1. The van der Waals surface area contributed by atoms with Crippen LogP contribution >= 0.6 is 0 Å². The highest BCUT2D eigenvalue weighted by Crippen LogP contribution is 2.08. The number of nitrogens with zero attached hydrogens (tertiary/aromatic N) is 1. The Hall–Kier alpha value is -2.55. The van der Waals surface area contributed by atoms with Crippen LogP contribution in [0.1, 0.15) is 0 Å². The summed E-state index contributed by atoms with van der Waals surface area (Å²) in [6, 6.07) is 0. The molecule has 0 amide bonds. The van der Waals surface area contributed by atoms with Gasteiger partial charge in [-0.1, -0.05) is 48.6 Å². The summed E-state index contributed by atoms with van der Waals surface area (Å²) in [5, 5.41) is 21.0. The van der Waals surface area contributed by atoms with Crippen LogP contribution in [-0.4, -0.2) is 10.6 Å². The van der Waals surface area contributed by atoms with Crippen LogP contribution in [0.5, 0.6) is 0 Å². The Bertz CT molecular complexity index is 531. The van der Waals surface area contributed by atoms with Crippen LogP contribution in [-0.2, 0) is 0 Å². The molecule has 0 atom stereocenters. The Balaban J connectivity index is 1.98. The maximum Gasteiger partial charge on any atom is 0.222 e. The van der Waals surface area contributed by atoms with E-state index in [9.17, 15) is 10.4 Å². The lowest BCUT2D eigenvalue weighted by Crippen LogP contribution is -2.06. The minimum Gasteiger partial charge on any atom is -0.612 e. The molecule has 0 aromatic heterocycles. The van der Waals surface area contributed by atoms with Crippen LogP contribution in [0.25, 0.3) is 0 Å². The van der Waals surface area contributed by atoms with Crippen molar-refractivity contribution in [1.29, 1.82) is 0 Å². The molecule has 0 aromatic rings. The molecule has 0 saturated carbocycles. The van der Waals surface area contributed by atoms with Crippen LogP contribution in [0, 0.1) is 10.4 Å². The van der Waals surface area contributed by atoms with Crippen LogP contribution in [0.3, 0.4) is 0 Å². The molecule has 0 unspecified atom stereocenters. The molecule has 2 rings (SSSR count). The molecular weight excluding hydrogens is 226 g/mol. The molecule has 0 heterocycles. The van der Waals surface area contributed by atoms with Gasteiger partial charge in [-0.25, -0.2) is 0 Å². The lowest BCUT2D eigenvalue weighted by Gasteiger charge is -2.07. The summed E-state index contributed by atoms with van der Waals surface area (Å²) in [4.78, 5) is -0.400. The van der Waals surface area contributed by atoms with E-state index >= 15 is 0 Å². The third-order valence-electron chi connectivity index (χ3n) is 2.48. The molecule has 0 saturated heterocycles. The quantitative estimate of drug-likeness (QED) is 0.548. The second-order valence-electron chi connectivity index (χ2n) is 3.79. The zero-order valence-electron chi connectivity index (χ0n) is 9.69. The molecule has 0 fully saturated rings. The van der Waals surface area contributed by atoms with E-state index in [1.165, 1.54) is 12.2 Å². The van der Waals surface area contributed by atoms with E-state index in [0.29, 0.717) is 0 Å². The van der Waals surface area contributed by atoms with Gasteiger partial charge >= 0.3 is 0 Å². The summed E-state index contributed by atoms with van der Waals surface area (Å²) in [7, 11) is 0. The molecule has 0 spiro atoms. The normalized spacial score (nSPS) is 17.0. The largest absolute Gasteiger partial charge is 0.612 e. The predicted molar refractivity (Wildman–Crippen MR) is 73.9 cm³/mol. The molecule has 18 heavy (non-hydrogen) atoms. The fraction of sp³-hybridized carbons (Fsp3) is 0. The van der Waals surface area contributed by atoms with Gasteiger partial charge in [0.25, 0.3) is 0 Å². The molecule has 2 aliphatic rings. The zero-order chi connectivity index (χ0) is 12.8. The van der Waals surface area contributed by atoms with Gasteiger partial charge in [0.05, 0.1) is 0 Å². The maximum absolute atomic E-state index is 10.5. The van der Waals surface area contributed by atoms with Crippen molar-refractivity contribution in [2.24, 2.45) is 0 Å². The topological polar surface area (TPSA) is 49.1 Å². The fourth-order valence-corrected chi connectivity index (χ4v) is 1.54. The van der Waals surface area contributed by atoms with Crippen LogP contribution in [0.2, 0.25) is 0 Å². The Morgan fingerprint density at radius 3 is 1.72 bits per heavy atom. The molecule has 90 valence electrons. The van der Waals surface area contributed by atoms with Gasteiger partial charge in [-0.05, 0) is 23.3 Å². The summed E-state index contributed by atoms with van der Waals surface area (Å²) < 4.78 is 0. The van der Waals surface area contributed by atoms with Gasteiger partial charge in [0.15, 0.2) is 0 Å². The molecule has 2 aliphatic carbocycles. The standard InChI is InChI=1S/C15H12NO2/c17-16(18)15-11-9-14(10-12-15)8-4-3-7-13-5-1-2-6-13/h1-12H/q-1/b4-3+. The van der Waals surface area contributed by atoms with Gasteiger partial charge < -0.3 is 10.4 Å². The fourth-order valence-electron chi connectivity index (χ4n) is 1.54. The van der Waals surface area contributed by atoms with Crippen molar-refractivity contribution in [3.8, 4) is 0 Å². The highest BCUT2D eigenvalue weighted by atomic mass is 16.8. The second kappa shape index (κ2) is 5.68. The van der Waals surface area contributed by atoms with Crippen LogP contribution in [0.15, 0.2) is 84.1 Å². The number of rotatable bonds is 2. The number of hydrogen-bond acceptors (Lipinski definition) is 2. The van der Waals surface area contributed by atoms with Gasteiger partial charge in [0, 0.05) is 12.2 Å². The average Bonchev–Trinajstić information content (AvgIpc) is 2.88. The smallest absolute Gasteiger partial charge is 0.222 e. The van der Waals surface area contributed by atoms with Crippen molar-refractivity contribution in [2.75, 3.05) is 0 Å². The molecule has 0 aromatic carbocycles. The molecule has 3 nitrogen and oxygen atoms in total. The molecule has 0 aliphatic heterocycles. The van der Waals surface area contributed by atoms with Gasteiger partial charge in [-0.3, -0.25) is 0 Å². The Kier molecular flexibility index (Phi) is 3.76. The molecule has 0 radical (unpaired) electrons. The van der Waals surface area contributed by atoms with E-state index in [0.717, 1.165) is 11.1 Å². The second-order valence-corrected chi connectivity index (χ2v) is 3.79. The zero-order valence-corrected chi connectivity index (χ0v) is 9.69. The van der Waals surface area contributed by atoms with Crippen molar-refractivity contribution < 1.29 is 4.90 Å². The van der Waals surface area contributed by atoms with Crippen molar-refractivity contribution >= 4 is 5.71 Å². The van der Waals surface area contributed by atoms with Crippen LogP contribution < -0.4 is 0 Å². The van der Waals surface area contributed by atoms with E-state index in [1.54, 1.807) is 12.2 Å². The molecule has 0 bridgehead atoms. The van der Waals surface area contributed by atoms with Gasteiger partial charge in [-0.15, -0.1) is 0 Å². The Morgan fingerprint density at radius 2 is 1.22 bits per heavy atom. The lowest BCUT2D eigenvalue weighted by molar-refractivity contribution is -0.377. The van der Waals surface area contributed by atoms with Gasteiger partial charge in [0.2, 0.25) is 5.71 Å². The first-order chi connectivity index (χ1) is 8.75. The molecular formula is C15H12NO2-. The minimum absolute atomic E-state index is 0.111. The van der Waals surface area contributed by atoms with E-state index in [-0.39, 0.29) is 5.71 Å². The predicted octanol–water partition coefficient (Wildman–Crippen LogP) is 3.10. The third-order valence-corrected chi connectivity index (χ3v) is 2.48. The highest BCUT2D eigenvalue weighted by Gasteiger charge is 2.01. The molecule has 0 N–H and O–H groups in total. The van der Waals surface area contributed by atoms with E-state index in [4.69, 9.17) is 0 Å². The SMILES string of the molecule is [O-][N+]([O-])=C1C=CC(=C/C=C/C=C2C=CC=C2)C=C1. The summed E-state index contributed by atoms with van der Waals surface area (Å²) in [6.45, 7) is 0. The minimum atomic E-state index is -0.400. The number of hydrogen-bond donors (Lipinski definition) is 0. The first kappa shape index (κ1) is 11.9. The van der Waals surface area contributed by atoms with Crippen molar-refractivity contribution in [1.82, 2.24) is 0 Å². The third kappa shape index (κ3) is 3.22. The Labute approximate surface area is 106 Å². The highest BCUT2D eigenvalue weighted by molar-refractivity contribution is 6.02. The van der Waals surface area contributed by atoms with E-state index < -0.39 is 4.90 Å². The first-order valence-electron chi connectivity index (χ1n) is 5.56.